The lowest BCUT2D eigenvalue weighted by Gasteiger charge is -2.24. The Morgan fingerprint density at radius 3 is 2.26 bits per heavy atom. The standard InChI is InChI=1S/C8H16N2O6P2.ClH/c1-10-6-2-5-9-7(10)3-4-8(17(11,12)13)18(14,15)16;/h2,5,8H,3-4,6H2,1H3,(H2,11,12,13)(H2,14,15,16);1H. The Morgan fingerprint density at radius 1 is 1.32 bits per heavy atom. The van der Waals surface area contributed by atoms with Crippen LogP contribution in [0.5, 0.6) is 0 Å². The number of halogens is 1. The second-order valence-electron chi connectivity index (χ2n) is 4.01. The molecule has 0 unspecified atom stereocenters. The molecule has 0 aromatic carbocycles. The molecule has 0 aromatic rings. The van der Waals surface area contributed by atoms with Gasteiger partial charge in [0.1, 0.15) is 5.84 Å². The predicted molar refractivity (Wildman–Crippen MR) is 73.6 cm³/mol. The van der Waals surface area contributed by atoms with Crippen molar-refractivity contribution in [1.82, 2.24) is 4.90 Å². The summed E-state index contributed by atoms with van der Waals surface area (Å²) in [6, 6.07) is 0. The van der Waals surface area contributed by atoms with E-state index in [0.717, 1.165) is 0 Å². The van der Waals surface area contributed by atoms with Crippen molar-refractivity contribution in [2.75, 3.05) is 13.6 Å². The predicted octanol–water partition coefficient (Wildman–Crippen LogP) is 0.727. The highest BCUT2D eigenvalue weighted by Crippen LogP contribution is 2.61. The molecule has 11 heteroatoms. The van der Waals surface area contributed by atoms with Gasteiger partial charge in [-0.1, -0.05) is 0 Å². The number of amidine groups is 1. The van der Waals surface area contributed by atoms with Crippen LogP contribution in [0.3, 0.4) is 0 Å². The first-order valence-electron chi connectivity index (χ1n) is 5.15. The Labute approximate surface area is 117 Å². The van der Waals surface area contributed by atoms with E-state index >= 15 is 0 Å². The van der Waals surface area contributed by atoms with Gasteiger partial charge < -0.3 is 24.5 Å². The summed E-state index contributed by atoms with van der Waals surface area (Å²) in [6.07, 6.45) is 3.14. The number of aliphatic imine (C=N–C) groups is 1. The van der Waals surface area contributed by atoms with Gasteiger partial charge >= 0.3 is 15.2 Å². The third-order valence-electron chi connectivity index (χ3n) is 2.55. The van der Waals surface area contributed by atoms with Gasteiger partial charge in [0.15, 0.2) is 5.40 Å². The highest BCUT2D eigenvalue weighted by atomic mass is 35.5. The Hall–Kier alpha value is -0.200. The summed E-state index contributed by atoms with van der Waals surface area (Å²) < 4.78 is 22.1. The molecule has 0 amide bonds. The molecule has 1 aliphatic rings. The van der Waals surface area contributed by atoms with Crippen molar-refractivity contribution >= 4 is 33.4 Å². The highest BCUT2D eigenvalue weighted by Gasteiger charge is 2.43. The Morgan fingerprint density at radius 2 is 1.84 bits per heavy atom. The van der Waals surface area contributed by atoms with Crippen LogP contribution in [0.15, 0.2) is 17.3 Å². The molecule has 0 saturated carbocycles. The van der Waals surface area contributed by atoms with Crippen LogP contribution in [0.4, 0.5) is 0 Å². The van der Waals surface area contributed by atoms with Gasteiger partial charge in [0.2, 0.25) is 0 Å². The number of hydrogen-bond acceptors (Lipinski definition) is 4. The number of hydrogen-bond donors (Lipinski definition) is 4. The summed E-state index contributed by atoms with van der Waals surface area (Å²) in [6.45, 7) is 0.606. The zero-order valence-corrected chi connectivity index (χ0v) is 12.8. The van der Waals surface area contributed by atoms with Crippen LogP contribution in [0.25, 0.3) is 0 Å². The van der Waals surface area contributed by atoms with Crippen LogP contribution in [0.1, 0.15) is 12.8 Å². The van der Waals surface area contributed by atoms with Crippen molar-refractivity contribution in [3.63, 3.8) is 0 Å². The number of likely N-dealkylation sites (N-methyl/N-ethyl adjacent to an activating group) is 1. The lowest BCUT2D eigenvalue weighted by molar-refractivity contribution is 0.335. The lowest BCUT2D eigenvalue weighted by atomic mass is 10.2. The maximum atomic E-state index is 11.1. The first kappa shape index (κ1) is 18.8. The fourth-order valence-corrected chi connectivity index (χ4v) is 4.09. The molecule has 1 aliphatic heterocycles. The molecule has 1 heterocycles. The van der Waals surface area contributed by atoms with Crippen LogP contribution in [0, 0.1) is 0 Å². The van der Waals surface area contributed by atoms with E-state index in [4.69, 9.17) is 19.6 Å². The van der Waals surface area contributed by atoms with Crippen molar-refractivity contribution < 1.29 is 28.7 Å². The Kier molecular flexibility index (Phi) is 6.92. The molecule has 0 fully saturated rings. The first-order chi connectivity index (χ1) is 8.12. The third kappa shape index (κ3) is 5.75. The Balaban J connectivity index is 0.00000324. The van der Waals surface area contributed by atoms with Crippen LogP contribution in [0.2, 0.25) is 0 Å². The number of rotatable bonds is 5. The zero-order chi connectivity index (χ0) is 14.0. The van der Waals surface area contributed by atoms with Crippen molar-refractivity contribution in [1.29, 1.82) is 0 Å². The molecule has 0 bridgehead atoms. The molecule has 4 N–H and O–H groups in total. The average Bonchev–Trinajstić information content (AvgIpc) is 2.17. The third-order valence-corrected chi connectivity index (χ3v) is 6.43. The molecule has 0 atom stereocenters. The van der Waals surface area contributed by atoms with Crippen molar-refractivity contribution in [3.8, 4) is 0 Å². The van der Waals surface area contributed by atoms with Gasteiger partial charge in [0.25, 0.3) is 0 Å². The van der Waals surface area contributed by atoms with Crippen molar-refractivity contribution in [2.45, 2.75) is 18.2 Å². The van der Waals surface area contributed by atoms with E-state index in [9.17, 15) is 9.13 Å². The molecule has 112 valence electrons. The van der Waals surface area contributed by atoms with Gasteiger partial charge in [-0.3, -0.25) is 9.13 Å². The van der Waals surface area contributed by atoms with E-state index in [-0.39, 0.29) is 25.2 Å². The normalized spacial score (nSPS) is 16.3. The molecule has 8 nitrogen and oxygen atoms in total. The van der Waals surface area contributed by atoms with E-state index < -0.39 is 20.6 Å². The summed E-state index contributed by atoms with van der Waals surface area (Å²) in [5.74, 6) is 0.546. The summed E-state index contributed by atoms with van der Waals surface area (Å²) >= 11 is 0. The minimum Gasteiger partial charge on any atom is -0.359 e. The second-order valence-corrected chi connectivity index (χ2v) is 8.02. The van der Waals surface area contributed by atoms with Gasteiger partial charge in [-0.25, -0.2) is 4.99 Å². The summed E-state index contributed by atoms with van der Waals surface area (Å²) in [4.78, 5) is 41.6. The van der Waals surface area contributed by atoms with Crippen LogP contribution in [-0.4, -0.2) is 49.3 Å². The van der Waals surface area contributed by atoms with Gasteiger partial charge in [0.05, 0.1) is 0 Å². The maximum Gasteiger partial charge on any atom is 0.340 e. The van der Waals surface area contributed by atoms with E-state index in [0.29, 0.717) is 12.4 Å². The minimum absolute atomic E-state index is 0. The molecular weight excluding hydrogens is 317 g/mol. The van der Waals surface area contributed by atoms with Gasteiger partial charge in [-0.05, 0) is 12.5 Å². The fourth-order valence-electron chi connectivity index (χ4n) is 1.59. The molecule has 1 rings (SSSR count). The van der Waals surface area contributed by atoms with Gasteiger partial charge in [-0.2, -0.15) is 0 Å². The molecule has 19 heavy (non-hydrogen) atoms. The molecule has 0 saturated heterocycles. The fraction of sp³-hybridized carbons (Fsp3) is 0.625. The molecule has 0 aromatic heterocycles. The smallest absolute Gasteiger partial charge is 0.340 e. The van der Waals surface area contributed by atoms with Gasteiger partial charge in [-0.15, -0.1) is 12.4 Å². The monoisotopic (exact) mass is 334 g/mol. The summed E-state index contributed by atoms with van der Waals surface area (Å²) in [5, 5.41) is -1.97. The lowest BCUT2D eigenvalue weighted by Crippen LogP contribution is -2.29. The largest absolute Gasteiger partial charge is 0.359 e. The van der Waals surface area contributed by atoms with Crippen molar-refractivity contribution in [3.05, 3.63) is 12.3 Å². The zero-order valence-electron chi connectivity index (χ0n) is 10.2. The first-order valence-corrected chi connectivity index (χ1v) is 8.52. The highest BCUT2D eigenvalue weighted by molar-refractivity contribution is 7.70. The minimum atomic E-state index is -4.84. The van der Waals surface area contributed by atoms with Crippen molar-refractivity contribution in [2.24, 2.45) is 4.99 Å². The van der Waals surface area contributed by atoms with E-state index in [2.05, 4.69) is 4.99 Å². The van der Waals surface area contributed by atoms with Crippen LogP contribution in [-0.2, 0) is 9.13 Å². The molecule has 0 spiro atoms. The molecule has 0 radical (unpaired) electrons. The second kappa shape index (κ2) is 6.99. The number of nitrogens with zero attached hydrogens (tertiary/aromatic N) is 2. The summed E-state index contributed by atoms with van der Waals surface area (Å²) in [5.41, 5.74) is 0. The van der Waals surface area contributed by atoms with E-state index in [1.807, 2.05) is 0 Å². The van der Waals surface area contributed by atoms with Crippen LogP contribution < -0.4 is 0 Å². The maximum absolute atomic E-state index is 11.1. The summed E-state index contributed by atoms with van der Waals surface area (Å²) in [7, 11) is -7.94. The quantitative estimate of drug-likeness (QED) is 0.545. The van der Waals surface area contributed by atoms with Crippen LogP contribution >= 0.6 is 27.6 Å². The van der Waals surface area contributed by atoms with Gasteiger partial charge in [0, 0.05) is 26.2 Å². The average molecular weight is 335 g/mol. The van der Waals surface area contributed by atoms with E-state index in [1.165, 1.54) is 0 Å². The molecule has 0 aliphatic carbocycles. The SMILES string of the molecule is CN1CC=CN=C1CCC(P(=O)(O)O)P(=O)(O)O.Cl. The topological polar surface area (TPSA) is 131 Å². The molecular formula is C8H17ClN2O6P2. The Bertz CT molecular complexity index is 434. The van der Waals surface area contributed by atoms with E-state index in [1.54, 1.807) is 24.2 Å².